The number of anilines is 1. The van der Waals surface area contributed by atoms with E-state index in [-0.39, 0.29) is 30.3 Å². The fraction of sp³-hybridized carbons (Fsp3) is 0.292. The molecular formula is C24H27ClN4O2. The molecule has 0 radical (unpaired) electrons. The maximum Gasteiger partial charge on any atom is 0.249 e. The van der Waals surface area contributed by atoms with Gasteiger partial charge in [0.25, 0.3) is 0 Å². The molecule has 0 saturated heterocycles. The van der Waals surface area contributed by atoms with Crippen molar-refractivity contribution < 1.29 is 9.59 Å². The van der Waals surface area contributed by atoms with E-state index in [0.29, 0.717) is 13.0 Å². The molecular weight excluding hydrogens is 412 g/mol. The Kier molecular flexibility index (Phi) is 7.25. The second-order valence-corrected chi connectivity index (χ2v) is 7.65. The lowest BCUT2D eigenvalue weighted by molar-refractivity contribution is -0.128. The van der Waals surface area contributed by atoms with Crippen LogP contribution in [-0.2, 0) is 22.6 Å². The van der Waals surface area contributed by atoms with Crippen LogP contribution in [0.4, 0.5) is 5.69 Å². The molecule has 1 aliphatic heterocycles. The van der Waals surface area contributed by atoms with Gasteiger partial charge in [-0.15, -0.1) is 12.4 Å². The zero-order chi connectivity index (χ0) is 21.1. The highest BCUT2D eigenvalue weighted by atomic mass is 35.5. The number of carbonyl (C=O) groups excluding carboxylic acids is 2. The number of fused-ring (bicyclic) bond motifs is 2. The lowest BCUT2D eigenvalue weighted by atomic mass is 10.1. The third-order valence-corrected chi connectivity index (χ3v) is 5.76. The highest BCUT2D eigenvalue weighted by molar-refractivity contribution is 6.01. The van der Waals surface area contributed by atoms with Gasteiger partial charge in [-0.05, 0) is 56.1 Å². The van der Waals surface area contributed by atoms with Crippen molar-refractivity contribution in [1.82, 2.24) is 15.6 Å². The zero-order valence-corrected chi connectivity index (χ0v) is 18.5. The van der Waals surface area contributed by atoms with Crippen LogP contribution in [0.3, 0.4) is 0 Å². The van der Waals surface area contributed by atoms with Crippen molar-refractivity contribution in [3.05, 3.63) is 71.9 Å². The minimum Gasteiger partial charge on any atom is -0.343 e. The number of nitrogens with zero attached hydrogens (tertiary/aromatic N) is 2. The highest BCUT2D eigenvalue weighted by Gasteiger charge is 2.32. The number of halogens is 1. The van der Waals surface area contributed by atoms with E-state index in [1.54, 1.807) is 25.1 Å². The number of carbonyl (C=O) groups is 2. The van der Waals surface area contributed by atoms with Crippen molar-refractivity contribution in [2.24, 2.45) is 0 Å². The van der Waals surface area contributed by atoms with Crippen molar-refractivity contribution in [3.8, 4) is 0 Å². The van der Waals surface area contributed by atoms with Crippen LogP contribution in [0.15, 0.2) is 60.8 Å². The molecule has 0 bridgehead atoms. The summed E-state index contributed by atoms with van der Waals surface area (Å²) in [4.78, 5) is 32.3. The van der Waals surface area contributed by atoms with Gasteiger partial charge >= 0.3 is 0 Å². The molecule has 1 aromatic heterocycles. The molecule has 31 heavy (non-hydrogen) atoms. The zero-order valence-electron chi connectivity index (χ0n) is 17.7. The average Bonchev–Trinajstić information content (AvgIpc) is 2.91. The largest absolute Gasteiger partial charge is 0.343 e. The van der Waals surface area contributed by atoms with Gasteiger partial charge in [0, 0.05) is 17.3 Å². The Bertz CT molecular complexity index is 1080. The number of pyridine rings is 1. The summed E-state index contributed by atoms with van der Waals surface area (Å²) in [5, 5.41) is 6.90. The molecule has 6 nitrogen and oxygen atoms in total. The molecule has 2 atom stereocenters. The number of nitrogens with one attached hydrogen (secondary N) is 2. The summed E-state index contributed by atoms with van der Waals surface area (Å²) in [6, 6.07) is 17.0. The van der Waals surface area contributed by atoms with Crippen molar-refractivity contribution in [2.45, 2.75) is 38.4 Å². The lowest BCUT2D eigenvalue weighted by Gasteiger charge is -2.27. The van der Waals surface area contributed by atoms with E-state index in [9.17, 15) is 9.59 Å². The molecule has 0 spiro atoms. The molecule has 0 saturated carbocycles. The van der Waals surface area contributed by atoms with Gasteiger partial charge in [-0.3, -0.25) is 14.6 Å². The Morgan fingerprint density at radius 2 is 1.97 bits per heavy atom. The van der Waals surface area contributed by atoms with Gasteiger partial charge in [0.15, 0.2) is 0 Å². The van der Waals surface area contributed by atoms with Crippen LogP contribution in [-0.4, -0.2) is 35.9 Å². The third-order valence-electron chi connectivity index (χ3n) is 5.76. The van der Waals surface area contributed by atoms with Crippen LogP contribution < -0.4 is 15.5 Å². The number of amides is 2. The molecule has 1 aliphatic rings. The van der Waals surface area contributed by atoms with Crippen LogP contribution in [0.1, 0.15) is 24.5 Å². The Balaban J connectivity index is 0.00000272. The first-order valence-corrected chi connectivity index (χ1v) is 10.3. The number of rotatable bonds is 5. The van der Waals surface area contributed by atoms with Gasteiger partial charge in [-0.25, -0.2) is 0 Å². The first-order valence-electron chi connectivity index (χ1n) is 10.3. The second kappa shape index (κ2) is 9.90. The topological polar surface area (TPSA) is 74.3 Å². The highest BCUT2D eigenvalue weighted by Crippen LogP contribution is 2.30. The van der Waals surface area contributed by atoms with Crippen LogP contribution in [0, 0.1) is 0 Å². The fourth-order valence-electron chi connectivity index (χ4n) is 3.92. The third kappa shape index (κ3) is 4.70. The van der Waals surface area contributed by atoms with Crippen LogP contribution in [0.2, 0.25) is 0 Å². The van der Waals surface area contributed by atoms with Crippen LogP contribution in [0.25, 0.3) is 10.9 Å². The number of likely N-dealkylation sites (N-methyl/N-ethyl adjacent to an activating group) is 1. The number of aryl methyl sites for hydroxylation is 1. The molecule has 162 valence electrons. The summed E-state index contributed by atoms with van der Waals surface area (Å²) < 4.78 is 0. The maximum atomic E-state index is 13.6. The second-order valence-electron chi connectivity index (χ2n) is 7.65. The number of aromatic nitrogens is 1. The monoisotopic (exact) mass is 438 g/mol. The molecule has 2 amide bonds. The minimum atomic E-state index is -0.561. The molecule has 0 fully saturated rings. The summed E-state index contributed by atoms with van der Waals surface area (Å²) in [5.74, 6) is -0.256. The summed E-state index contributed by atoms with van der Waals surface area (Å²) in [6.45, 7) is 2.21. The molecule has 2 heterocycles. The van der Waals surface area contributed by atoms with E-state index in [2.05, 4.69) is 21.7 Å². The lowest BCUT2D eigenvalue weighted by Crippen LogP contribution is -2.52. The molecule has 3 aromatic rings. The molecule has 2 unspecified atom stereocenters. The number of hydrogen-bond acceptors (Lipinski definition) is 4. The van der Waals surface area contributed by atoms with Gasteiger partial charge in [0.1, 0.15) is 6.04 Å². The smallest absolute Gasteiger partial charge is 0.249 e. The Morgan fingerprint density at radius 3 is 2.77 bits per heavy atom. The number of benzene rings is 2. The Hall–Kier alpha value is -2.96. The molecule has 7 heteroatoms. The molecule has 2 aromatic carbocycles. The normalized spacial score (nSPS) is 16.8. The van der Waals surface area contributed by atoms with E-state index < -0.39 is 6.04 Å². The van der Waals surface area contributed by atoms with Crippen molar-refractivity contribution in [2.75, 3.05) is 11.9 Å². The molecule has 0 aliphatic carbocycles. The predicted molar refractivity (Wildman–Crippen MR) is 125 cm³/mol. The van der Waals surface area contributed by atoms with E-state index >= 15 is 0 Å². The van der Waals surface area contributed by atoms with Gasteiger partial charge in [-0.1, -0.05) is 36.4 Å². The van der Waals surface area contributed by atoms with Crippen LogP contribution >= 0.6 is 12.4 Å². The Morgan fingerprint density at radius 1 is 1.16 bits per heavy atom. The first-order chi connectivity index (χ1) is 14.6. The van der Waals surface area contributed by atoms with E-state index in [4.69, 9.17) is 0 Å². The summed E-state index contributed by atoms with van der Waals surface area (Å²) in [6.07, 6.45) is 3.08. The first kappa shape index (κ1) is 22.7. The number of para-hydroxylation sites is 1. The summed E-state index contributed by atoms with van der Waals surface area (Å²) in [7, 11) is 1.73. The van der Waals surface area contributed by atoms with E-state index in [1.807, 2.05) is 48.5 Å². The number of hydrogen-bond donors (Lipinski definition) is 2. The van der Waals surface area contributed by atoms with Crippen molar-refractivity contribution in [3.63, 3.8) is 0 Å². The van der Waals surface area contributed by atoms with Crippen molar-refractivity contribution in [1.29, 1.82) is 0 Å². The average molecular weight is 439 g/mol. The van der Waals surface area contributed by atoms with E-state index in [1.165, 1.54) is 0 Å². The van der Waals surface area contributed by atoms with Gasteiger partial charge in [-0.2, -0.15) is 0 Å². The van der Waals surface area contributed by atoms with Gasteiger partial charge in [0.05, 0.1) is 18.1 Å². The quantitative estimate of drug-likeness (QED) is 0.641. The van der Waals surface area contributed by atoms with E-state index in [0.717, 1.165) is 34.1 Å². The Labute approximate surface area is 188 Å². The molecule has 4 rings (SSSR count). The summed E-state index contributed by atoms with van der Waals surface area (Å²) in [5.41, 5.74) is 3.95. The van der Waals surface area contributed by atoms with Crippen LogP contribution in [0.5, 0.6) is 0 Å². The van der Waals surface area contributed by atoms with Gasteiger partial charge < -0.3 is 15.5 Å². The van der Waals surface area contributed by atoms with Gasteiger partial charge in [0.2, 0.25) is 11.8 Å². The van der Waals surface area contributed by atoms with Crippen molar-refractivity contribution >= 4 is 40.8 Å². The minimum absolute atomic E-state index is 0. The SMILES string of the molecule is CNC(C)C(=O)NC1CCc2ccccc2N(Cc2cccc3ncccc23)C1=O.Cl. The maximum absolute atomic E-state index is 13.6. The fourth-order valence-corrected chi connectivity index (χ4v) is 3.92. The molecule has 2 N–H and O–H groups in total. The standard InChI is InChI=1S/C24H26N4O2.ClH/c1-16(25-2)23(29)27-21-13-12-17-7-3-4-11-22(17)28(24(21)30)15-18-8-5-10-20-19(18)9-6-14-26-20;/h3-11,14,16,21,25H,12-13,15H2,1-2H3,(H,27,29);1H. The summed E-state index contributed by atoms with van der Waals surface area (Å²) >= 11 is 0. The predicted octanol–water partition coefficient (Wildman–Crippen LogP) is 3.23.